The van der Waals surface area contributed by atoms with Gasteiger partial charge in [-0.05, 0) is 0 Å². The van der Waals surface area contributed by atoms with E-state index in [0.29, 0.717) is 0 Å². The van der Waals surface area contributed by atoms with Gasteiger partial charge in [0.2, 0.25) is 0 Å². The van der Waals surface area contributed by atoms with Gasteiger partial charge < -0.3 is 0 Å². The number of ether oxygens (including phenoxy) is 1. The molecule has 0 aliphatic rings. The first-order valence-corrected chi connectivity index (χ1v) is 14.7. The molecule has 26 heavy (non-hydrogen) atoms. The Kier molecular flexibility index (Phi) is 8.65. The maximum Gasteiger partial charge on any atom is 0 e. The molecule has 0 amide bonds. The quantitative estimate of drug-likeness (QED) is 0.262. The summed E-state index contributed by atoms with van der Waals surface area (Å²) in [6.45, 7) is 0. The Balaban J connectivity index is 0.00000243. The van der Waals surface area contributed by atoms with Gasteiger partial charge >= 0.3 is 158 Å². The molecule has 0 bridgehead atoms. The molecule has 0 aromatic heterocycles. The maximum absolute atomic E-state index is 12.7. The minimum atomic E-state index is -1.56. The molecule has 0 heterocycles. The van der Waals surface area contributed by atoms with Crippen molar-refractivity contribution in [2.24, 2.45) is 0 Å². The Morgan fingerprint density at radius 3 is 1.88 bits per heavy atom. The van der Waals surface area contributed by atoms with E-state index in [9.17, 15) is 4.79 Å². The number of hydrogen-bond donors (Lipinski definition) is 0. The van der Waals surface area contributed by atoms with Crippen molar-refractivity contribution in [2.45, 2.75) is 0 Å². The van der Waals surface area contributed by atoms with Crippen molar-refractivity contribution in [1.82, 2.24) is 0 Å². The second-order valence-corrected chi connectivity index (χ2v) is 14.9. The van der Waals surface area contributed by atoms with Crippen LogP contribution in [0, 0.1) is 4.82 Å². The SMILES string of the molecule is COC(=O)[C-](c1ccccc1)[Se+]([Se]c1ccccc1)c1ccccc1.[Rh]. The molecule has 5 heteroatoms. The van der Waals surface area contributed by atoms with Gasteiger partial charge in [-0.1, -0.05) is 0 Å². The zero-order chi connectivity index (χ0) is 17.5. The topological polar surface area (TPSA) is 26.3 Å². The molecular formula is C21H18O2RhSe2. The van der Waals surface area contributed by atoms with E-state index in [0.717, 1.165) is 10.4 Å². The molecule has 0 saturated carbocycles. The molecule has 3 aromatic rings. The normalized spacial score (nSPS) is 11.1. The van der Waals surface area contributed by atoms with Crippen LogP contribution in [0.2, 0.25) is 0 Å². The third-order valence-corrected chi connectivity index (χ3v) is 15.7. The number of benzene rings is 3. The number of hydrogen-bond acceptors (Lipinski definition) is 2. The van der Waals surface area contributed by atoms with Gasteiger partial charge in [-0.25, -0.2) is 0 Å². The van der Waals surface area contributed by atoms with Gasteiger partial charge in [0, 0.05) is 19.5 Å². The van der Waals surface area contributed by atoms with Crippen LogP contribution in [0.1, 0.15) is 5.56 Å². The largest absolute Gasteiger partial charge is 0 e. The number of esters is 1. The van der Waals surface area contributed by atoms with Gasteiger partial charge in [-0.3, -0.25) is 0 Å². The van der Waals surface area contributed by atoms with Gasteiger partial charge in [0.25, 0.3) is 0 Å². The van der Waals surface area contributed by atoms with E-state index in [1.807, 2.05) is 54.6 Å². The molecule has 1 radical (unpaired) electrons. The summed E-state index contributed by atoms with van der Waals surface area (Å²) in [6, 6.07) is 30.8. The molecule has 0 N–H and O–H groups in total. The number of methoxy groups -OCH3 is 1. The predicted octanol–water partition coefficient (Wildman–Crippen LogP) is 2.25. The van der Waals surface area contributed by atoms with Crippen LogP contribution < -0.4 is 8.92 Å². The fourth-order valence-corrected chi connectivity index (χ4v) is 14.5. The Morgan fingerprint density at radius 2 is 1.35 bits per heavy atom. The first-order valence-electron chi connectivity index (χ1n) is 7.83. The van der Waals surface area contributed by atoms with Gasteiger partial charge in [0.05, 0.1) is 0 Å². The first-order chi connectivity index (χ1) is 12.3. The first kappa shape index (κ1) is 21.0. The molecule has 1 unspecified atom stereocenters. The number of rotatable bonds is 6. The molecule has 0 saturated heterocycles. The molecule has 0 spiro atoms. The summed E-state index contributed by atoms with van der Waals surface area (Å²) in [5.41, 5.74) is 0.973. The molecule has 135 valence electrons. The third-order valence-electron chi connectivity index (χ3n) is 3.47. The Bertz CT molecular complexity index is 798. The monoisotopic (exact) mass is 565 g/mol. The van der Waals surface area contributed by atoms with Crippen LogP contribution in [0.5, 0.6) is 0 Å². The zero-order valence-corrected chi connectivity index (χ0v) is 19.2. The van der Waals surface area contributed by atoms with Crippen molar-refractivity contribution in [3.63, 3.8) is 0 Å². The molecule has 1 atom stereocenters. The summed E-state index contributed by atoms with van der Waals surface area (Å²) in [4.78, 5) is 13.5. The van der Waals surface area contributed by atoms with E-state index in [1.165, 1.54) is 16.0 Å². The van der Waals surface area contributed by atoms with Crippen molar-refractivity contribution in [1.29, 1.82) is 0 Å². The molecule has 0 fully saturated rings. The van der Waals surface area contributed by atoms with E-state index in [2.05, 4.69) is 36.4 Å². The van der Waals surface area contributed by atoms with Crippen molar-refractivity contribution >= 4 is 40.1 Å². The van der Waals surface area contributed by atoms with Gasteiger partial charge in [-0.15, -0.1) is 0 Å². The molecule has 0 aliphatic heterocycles. The molecule has 2 nitrogen and oxygen atoms in total. The van der Waals surface area contributed by atoms with Crippen molar-refractivity contribution in [3.8, 4) is 0 Å². The van der Waals surface area contributed by atoms with Crippen LogP contribution in [-0.2, 0) is 29.0 Å². The van der Waals surface area contributed by atoms with Crippen LogP contribution in [0.15, 0.2) is 91.0 Å². The van der Waals surface area contributed by atoms with Crippen LogP contribution in [0.25, 0.3) is 0 Å². The minimum Gasteiger partial charge on any atom is 0 e. The summed E-state index contributed by atoms with van der Waals surface area (Å²) >= 11 is -1.38. The second-order valence-electron chi connectivity index (χ2n) is 5.16. The number of carbonyl (C=O) groups is 1. The van der Waals surface area contributed by atoms with E-state index < -0.39 is 12.1 Å². The average molecular weight is 563 g/mol. The van der Waals surface area contributed by atoms with Crippen molar-refractivity contribution in [3.05, 3.63) is 101 Å². The molecule has 3 aromatic carbocycles. The van der Waals surface area contributed by atoms with Crippen LogP contribution in [0.4, 0.5) is 0 Å². The van der Waals surface area contributed by atoms with Crippen molar-refractivity contribution in [2.75, 3.05) is 7.11 Å². The van der Waals surface area contributed by atoms with Crippen LogP contribution in [0.3, 0.4) is 0 Å². The van der Waals surface area contributed by atoms with Crippen LogP contribution >= 0.6 is 0 Å². The van der Waals surface area contributed by atoms with E-state index in [1.54, 1.807) is 0 Å². The summed E-state index contributed by atoms with van der Waals surface area (Å²) in [5, 5.41) is 0. The third kappa shape index (κ3) is 5.33. The van der Waals surface area contributed by atoms with E-state index >= 15 is 0 Å². The minimum absolute atomic E-state index is 0. The van der Waals surface area contributed by atoms with E-state index in [-0.39, 0.29) is 38.6 Å². The second kappa shape index (κ2) is 10.7. The summed E-state index contributed by atoms with van der Waals surface area (Å²) in [7, 11) is 1.47. The van der Waals surface area contributed by atoms with Crippen molar-refractivity contribution < 1.29 is 29.0 Å². The number of carbonyl (C=O) groups excluding carboxylic acids is 1. The zero-order valence-electron chi connectivity index (χ0n) is 14.1. The van der Waals surface area contributed by atoms with Gasteiger partial charge in [0.15, 0.2) is 0 Å². The fraction of sp³-hybridized carbons (Fsp3) is 0.0476. The summed E-state index contributed by atoms with van der Waals surface area (Å²) in [5.74, 6) is -0.210. The Labute approximate surface area is 176 Å². The fourth-order valence-electron chi connectivity index (χ4n) is 2.31. The molecular weight excluding hydrogens is 545 g/mol. The molecule has 0 aliphatic carbocycles. The summed E-state index contributed by atoms with van der Waals surface area (Å²) in [6.07, 6.45) is 0. The van der Waals surface area contributed by atoms with Gasteiger partial charge in [-0.2, -0.15) is 0 Å². The maximum atomic E-state index is 12.7. The smallest absolute Gasteiger partial charge is 0 e. The molecule has 3 rings (SSSR count). The average Bonchev–Trinajstić information content (AvgIpc) is 2.69. The standard InChI is InChI=1S/C21H18O2Se2.Rh/c1-23-21(22)20(17-11-5-2-6-12-17)25(19-15-9-4-10-16-19)24-18-13-7-3-8-14-18;/h2-16H,1H3;. The van der Waals surface area contributed by atoms with Gasteiger partial charge in [0.1, 0.15) is 0 Å². The van der Waals surface area contributed by atoms with E-state index in [4.69, 9.17) is 4.74 Å². The Morgan fingerprint density at radius 1 is 0.846 bits per heavy atom. The summed E-state index contributed by atoms with van der Waals surface area (Å²) < 4.78 is 7.74. The van der Waals surface area contributed by atoms with Crippen LogP contribution in [-0.4, -0.2) is 38.3 Å². The predicted molar refractivity (Wildman–Crippen MR) is 104 cm³/mol. The Hall–Kier alpha value is -1.34.